The van der Waals surface area contributed by atoms with E-state index in [1.807, 2.05) is 6.07 Å². The summed E-state index contributed by atoms with van der Waals surface area (Å²) in [6, 6.07) is 11.9. The third-order valence-electron chi connectivity index (χ3n) is 9.32. The summed E-state index contributed by atoms with van der Waals surface area (Å²) < 4.78 is 31.7. The zero-order valence-corrected chi connectivity index (χ0v) is 22.5. The van der Waals surface area contributed by atoms with Crippen molar-refractivity contribution in [2.24, 2.45) is 17.8 Å². The maximum atomic E-state index is 15.6. The van der Waals surface area contributed by atoms with E-state index in [0.717, 1.165) is 37.2 Å². The second-order valence-electron chi connectivity index (χ2n) is 11.6. The molecule has 8 heteroatoms. The molecule has 2 heterocycles. The molecule has 3 fully saturated rings. The summed E-state index contributed by atoms with van der Waals surface area (Å²) in [7, 11) is 0. The van der Waals surface area contributed by atoms with Gasteiger partial charge in [-0.25, -0.2) is 4.39 Å². The van der Waals surface area contributed by atoms with Crippen LogP contribution in [0.4, 0.5) is 4.39 Å². The Morgan fingerprint density at radius 3 is 2.30 bits per heavy atom. The van der Waals surface area contributed by atoms with Crippen LogP contribution in [0.15, 0.2) is 42.5 Å². The van der Waals surface area contributed by atoms with Gasteiger partial charge >= 0.3 is 23.9 Å². The fraction of sp³-hybridized carbons (Fsp3) is 0.500. The van der Waals surface area contributed by atoms with Gasteiger partial charge in [-0.05, 0) is 66.3 Å². The smallest absolute Gasteiger partial charge is 0.322 e. The van der Waals surface area contributed by atoms with Crippen LogP contribution in [0.2, 0.25) is 0 Å². The van der Waals surface area contributed by atoms with Crippen LogP contribution in [-0.2, 0) is 28.7 Å². The van der Waals surface area contributed by atoms with Gasteiger partial charge in [0.05, 0.1) is 18.3 Å². The first-order valence-electron chi connectivity index (χ1n) is 14.4. The number of rotatable bonds is 7. The molecule has 2 aromatic rings. The topological polar surface area (TPSA) is 96.0 Å². The summed E-state index contributed by atoms with van der Waals surface area (Å²) in [6.07, 6.45) is 6.71. The number of ether oxygens (including phenoxy) is 3. The van der Waals surface area contributed by atoms with Crippen LogP contribution < -0.4 is 4.74 Å². The maximum Gasteiger partial charge on any atom is 0.322 e. The molecule has 2 aromatic carbocycles. The number of halogens is 1. The van der Waals surface area contributed by atoms with E-state index in [2.05, 4.69) is 6.92 Å². The Labute approximate surface area is 232 Å². The molecule has 0 radical (unpaired) electrons. The highest BCUT2D eigenvalue weighted by Crippen LogP contribution is 2.52. The van der Waals surface area contributed by atoms with Crippen molar-refractivity contribution < 1.29 is 37.8 Å². The van der Waals surface area contributed by atoms with E-state index in [1.165, 1.54) is 25.3 Å². The van der Waals surface area contributed by atoms with Gasteiger partial charge < -0.3 is 14.2 Å². The first-order chi connectivity index (χ1) is 19.4. The number of carbonyl (C=O) groups excluding carboxylic acids is 4. The minimum atomic E-state index is -1.11. The van der Waals surface area contributed by atoms with E-state index in [0.29, 0.717) is 11.1 Å². The molecule has 7 nitrogen and oxygen atoms in total. The molecule has 6 rings (SSSR count). The third-order valence-corrected chi connectivity index (χ3v) is 9.32. The first-order valence-corrected chi connectivity index (χ1v) is 14.4. The summed E-state index contributed by atoms with van der Waals surface area (Å²) in [5, 5.41) is 0. The van der Waals surface area contributed by atoms with Crippen molar-refractivity contribution in [1.29, 1.82) is 0 Å². The van der Waals surface area contributed by atoms with Crippen LogP contribution in [0.25, 0.3) is 0 Å². The SMILES string of the molecule is CCCCC1CCC(c2ccc(OC3C4C(=O)OC(=O)C4c4ccccc4C3C3CC(=O)OC3=O)c(F)c2)CC1. The lowest BCUT2D eigenvalue weighted by Crippen LogP contribution is -2.46. The molecular formula is C32H33FO7. The largest absolute Gasteiger partial charge is 0.486 e. The highest BCUT2D eigenvalue weighted by molar-refractivity contribution is 6.01. The number of esters is 4. The minimum absolute atomic E-state index is 0.0710. The van der Waals surface area contributed by atoms with Crippen LogP contribution >= 0.6 is 0 Å². The van der Waals surface area contributed by atoms with Crippen molar-refractivity contribution in [3.8, 4) is 5.75 Å². The quantitative estimate of drug-likeness (QED) is 0.323. The zero-order valence-electron chi connectivity index (χ0n) is 22.5. The lowest BCUT2D eigenvalue weighted by molar-refractivity contribution is -0.156. The number of hydrogen-bond donors (Lipinski definition) is 0. The van der Waals surface area contributed by atoms with Crippen molar-refractivity contribution in [3.05, 3.63) is 65.0 Å². The number of hydrogen-bond acceptors (Lipinski definition) is 7. The molecule has 2 aliphatic carbocycles. The molecule has 40 heavy (non-hydrogen) atoms. The van der Waals surface area contributed by atoms with Gasteiger partial charge in [-0.3, -0.25) is 19.2 Å². The van der Waals surface area contributed by atoms with Crippen LogP contribution in [0.1, 0.15) is 92.7 Å². The van der Waals surface area contributed by atoms with E-state index < -0.39 is 59.5 Å². The molecule has 4 aliphatic rings. The predicted molar refractivity (Wildman–Crippen MR) is 141 cm³/mol. The number of benzene rings is 2. The molecule has 0 aromatic heterocycles. The summed E-state index contributed by atoms with van der Waals surface area (Å²) in [5.74, 6) is -6.27. The molecule has 5 unspecified atom stereocenters. The molecule has 0 amide bonds. The van der Waals surface area contributed by atoms with E-state index in [-0.39, 0.29) is 18.1 Å². The lowest BCUT2D eigenvalue weighted by atomic mass is 9.65. The molecule has 2 aliphatic heterocycles. The fourth-order valence-electron chi connectivity index (χ4n) is 7.30. The highest BCUT2D eigenvalue weighted by atomic mass is 19.1. The van der Waals surface area contributed by atoms with Crippen LogP contribution in [-0.4, -0.2) is 30.0 Å². The number of cyclic esters (lactones) is 4. The Morgan fingerprint density at radius 2 is 1.62 bits per heavy atom. The second-order valence-corrected chi connectivity index (χ2v) is 11.6. The Balaban J connectivity index is 1.31. The Hall–Kier alpha value is -3.55. The van der Waals surface area contributed by atoms with Crippen LogP contribution in [0.5, 0.6) is 5.75 Å². The summed E-state index contributed by atoms with van der Waals surface area (Å²) >= 11 is 0. The fourth-order valence-corrected chi connectivity index (χ4v) is 7.30. The Morgan fingerprint density at radius 1 is 0.875 bits per heavy atom. The van der Waals surface area contributed by atoms with Gasteiger partial charge in [0, 0.05) is 5.92 Å². The number of fused-ring (bicyclic) bond motifs is 3. The number of unbranched alkanes of at least 4 members (excludes halogenated alkanes) is 1. The van der Waals surface area contributed by atoms with Gasteiger partial charge in [0.15, 0.2) is 11.6 Å². The van der Waals surface area contributed by atoms with Crippen molar-refractivity contribution in [2.45, 2.75) is 82.1 Å². The van der Waals surface area contributed by atoms with E-state index >= 15 is 4.39 Å². The third kappa shape index (κ3) is 4.71. The standard InChI is InChI=1S/C32H33FO7/c1-2-3-6-17-9-11-18(12-10-17)19-13-14-24(23(33)15-19)38-29-26(22-16-25(34)39-30(22)35)20-7-4-5-8-21(20)27-28(29)32(37)40-31(27)36/h4-5,7-8,13-15,17-18,22,26-29H,2-3,6,9-12,16H2,1H3. The summed E-state index contributed by atoms with van der Waals surface area (Å²) in [6.45, 7) is 2.21. The molecule has 210 valence electrons. The summed E-state index contributed by atoms with van der Waals surface area (Å²) in [5.41, 5.74) is 2.06. The van der Waals surface area contributed by atoms with Gasteiger partial charge in [-0.2, -0.15) is 0 Å². The van der Waals surface area contributed by atoms with Crippen molar-refractivity contribution >= 4 is 23.9 Å². The van der Waals surface area contributed by atoms with Crippen LogP contribution in [0.3, 0.4) is 0 Å². The zero-order chi connectivity index (χ0) is 28.0. The van der Waals surface area contributed by atoms with Gasteiger partial charge in [-0.1, -0.05) is 56.5 Å². The van der Waals surface area contributed by atoms with Crippen molar-refractivity contribution in [2.75, 3.05) is 0 Å². The minimum Gasteiger partial charge on any atom is -0.486 e. The van der Waals surface area contributed by atoms with Gasteiger partial charge in [-0.15, -0.1) is 0 Å². The van der Waals surface area contributed by atoms with Gasteiger partial charge in [0.2, 0.25) is 0 Å². The Kier molecular flexibility index (Phi) is 7.19. The first kappa shape index (κ1) is 26.7. The van der Waals surface area contributed by atoms with Gasteiger partial charge in [0.1, 0.15) is 12.0 Å². The number of carbonyl (C=O) groups is 4. The molecule has 2 saturated heterocycles. The highest BCUT2D eigenvalue weighted by Gasteiger charge is 2.60. The molecule has 0 bridgehead atoms. The van der Waals surface area contributed by atoms with Crippen molar-refractivity contribution in [1.82, 2.24) is 0 Å². The summed E-state index contributed by atoms with van der Waals surface area (Å²) in [4.78, 5) is 50.5. The average molecular weight is 549 g/mol. The predicted octanol–water partition coefficient (Wildman–Crippen LogP) is 5.71. The van der Waals surface area contributed by atoms with E-state index in [1.54, 1.807) is 30.3 Å². The normalized spacial score (nSPS) is 31.4. The second kappa shape index (κ2) is 10.8. The molecule has 5 atom stereocenters. The maximum absolute atomic E-state index is 15.6. The molecule has 0 spiro atoms. The molecular weight excluding hydrogens is 515 g/mol. The molecule has 1 saturated carbocycles. The van der Waals surface area contributed by atoms with Crippen molar-refractivity contribution in [3.63, 3.8) is 0 Å². The van der Waals surface area contributed by atoms with E-state index in [9.17, 15) is 19.2 Å². The molecule has 0 N–H and O–H groups in total. The van der Waals surface area contributed by atoms with Gasteiger partial charge in [0.25, 0.3) is 0 Å². The monoisotopic (exact) mass is 548 g/mol. The lowest BCUT2D eigenvalue weighted by Gasteiger charge is -2.40. The average Bonchev–Trinajstić information content (AvgIpc) is 3.44. The van der Waals surface area contributed by atoms with Crippen LogP contribution in [0, 0.1) is 23.6 Å². The van der Waals surface area contributed by atoms with E-state index in [4.69, 9.17) is 14.2 Å². The Bertz CT molecular complexity index is 1340.